The van der Waals surface area contributed by atoms with Crippen LogP contribution in [0, 0.1) is 63.2 Å². The Labute approximate surface area is 125 Å². The number of hydrogen-bond donors (Lipinski definition) is 0. The number of rotatable bonds is 2. The Morgan fingerprint density at radius 3 is 1.12 bits per heavy atom. The van der Waals surface area contributed by atoms with Gasteiger partial charge in [0, 0.05) is 0 Å². The van der Waals surface area contributed by atoms with E-state index in [2.05, 4.69) is 65.2 Å². The SMILES string of the molecule is CC[C]1[CH][CH][CH][CH]1.CC[C]1[CH][CH][CH][CH]1.[Cl][W][Cl]. The molecule has 0 spiro atoms. The Hall–Kier alpha value is 1.27. The molecule has 2 fully saturated rings. The fourth-order valence-corrected chi connectivity index (χ4v) is 1.30. The molecule has 0 atom stereocenters. The molecule has 2 aliphatic carbocycles. The molecule has 0 nitrogen and oxygen atoms in total. The topological polar surface area (TPSA) is 0 Å². The summed E-state index contributed by atoms with van der Waals surface area (Å²) in [6, 6.07) is 0. The molecule has 0 aliphatic heterocycles. The molecule has 17 heavy (non-hydrogen) atoms. The van der Waals surface area contributed by atoms with Crippen LogP contribution in [0.2, 0.25) is 0 Å². The monoisotopic (exact) mass is 440 g/mol. The summed E-state index contributed by atoms with van der Waals surface area (Å²) < 4.78 is 0. The number of hydrogen-bond acceptors (Lipinski definition) is 0. The third kappa shape index (κ3) is 10.8. The van der Waals surface area contributed by atoms with Gasteiger partial charge in [0.2, 0.25) is 0 Å². The van der Waals surface area contributed by atoms with Crippen molar-refractivity contribution in [3.63, 3.8) is 0 Å². The van der Waals surface area contributed by atoms with Gasteiger partial charge >= 0.3 is 35.3 Å². The Morgan fingerprint density at radius 1 is 0.765 bits per heavy atom. The van der Waals surface area contributed by atoms with E-state index in [0.717, 1.165) is 12.8 Å². The Morgan fingerprint density at radius 2 is 1.00 bits per heavy atom. The van der Waals surface area contributed by atoms with Gasteiger partial charge in [-0.3, -0.25) is 0 Å². The molecule has 0 aromatic carbocycles. The predicted octanol–water partition coefficient (Wildman–Crippen LogP) is 4.98. The quantitative estimate of drug-likeness (QED) is 0.568. The van der Waals surface area contributed by atoms with Crippen molar-refractivity contribution < 1.29 is 16.5 Å². The van der Waals surface area contributed by atoms with Crippen molar-refractivity contribution in [3.8, 4) is 0 Å². The predicted molar refractivity (Wildman–Crippen MR) is 73.2 cm³/mol. The zero-order valence-corrected chi connectivity index (χ0v) is 14.6. The van der Waals surface area contributed by atoms with E-state index < -0.39 is 16.5 Å². The first-order valence-corrected chi connectivity index (χ1v) is 12.9. The second-order valence-electron chi connectivity index (χ2n) is 3.35. The maximum atomic E-state index is 4.93. The Balaban J connectivity index is 0.000000247. The van der Waals surface area contributed by atoms with E-state index in [9.17, 15) is 0 Å². The molecular formula is C14H18Cl2W. The van der Waals surface area contributed by atoms with Crippen LogP contribution in [0.15, 0.2) is 0 Å². The summed E-state index contributed by atoms with van der Waals surface area (Å²) >= 11 is -0.806. The Bertz CT molecular complexity index is 125. The summed E-state index contributed by atoms with van der Waals surface area (Å²) in [5.41, 5.74) is 0. The van der Waals surface area contributed by atoms with Crippen LogP contribution in [0.1, 0.15) is 26.7 Å². The van der Waals surface area contributed by atoms with E-state index in [-0.39, 0.29) is 0 Å². The fraction of sp³-hybridized carbons (Fsp3) is 0.286. The molecule has 0 unspecified atom stereocenters. The molecule has 0 aromatic heterocycles. The van der Waals surface area contributed by atoms with Gasteiger partial charge < -0.3 is 0 Å². The van der Waals surface area contributed by atoms with Crippen LogP contribution in [0.25, 0.3) is 0 Å². The zero-order valence-electron chi connectivity index (χ0n) is 10.2. The average Bonchev–Trinajstić information content (AvgIpc) is 3.04. The number of halogens is 2. The minimum absolute atomic E-state index is 0.806. The van der Waals surface area contributed by atoms with Crippen LogP contribution in [0.4, 0.5) is 0 Å². The van der Waals surface area contributed by atoms with Crippen molar-refractivity contribution in [3.05, 3.63) is 63.2 Å². The average molecular weight is 441 g/mol. The summed E-state index contributed by atoms with van der Waals surface area (Å²) in [4.78, 5) is 0. The van der Waals surface area contributed by atoms with E-state index in [1.807, 2.05) is 0 Å². The molecule has 10 radical (unpaired) electrons. The van der Waals surface area contributed by atoms with Crippen molar-refractivity contribution in [2.24, 2.45) is 0 Å². The third-order valence-electron chi connectivity index (χ3n) is 2.28. The van der Waals surface area contributed by atoms with Gasteiger partial charge in [-0.15, -0.1) is 0 Å². The molecule has 2 rings (SSSR count). The summed E-state index contributed by atoms with van der Waals surface area (Å²) in [5, 5.41) is 0. The van der Waals surface area contributed by atoms with E-state index >= 15 is 0 Å². The van der Waals surface area contributed by atoms with Gasteiger partial charge in [0.1, 0.15) is 0 Å². The van der Waals surface area contributed by atoms with Crippen LogP contribution in [-0.4, -0.2) is 0 Å². The first kappa shape index (κ1) is 18.3. The van der Waals surface area contributed by atoms with Gasteiger partial charge in [0.25, 0.3) is 0 Å². The minimum atomic E-state index is -0.806. The van der Waals surface area contributed by atoms with E-state index in [0.29, 0.717) is 0 Å². The van der Waals surface area contributed by atoms with Gasteiger partial charge in [0.15, 0.2) is 0 Å². The Kier molecular flexibility index (Phi) is 14.7. The molecule has 2 saturated carbocycles. The van der Waals surface area contributed by atoms with Crippen molar-refractivity contribution in [2.75, 3.05) is 0 Å². The molecular weight excluding hydrogens is 423 g/mol. The van der Waals surface area contributed by atoms with Gasteiger partial charge in [-0.2, -0.15) is 0 Å². The molecule has 0 aromatic rings. The van der Waals surface area contributed by atoms with Crippen molar-refractivity contribution >= 4 is 18.8 Å². The second kappa shape index (κ2) is 13.7. The molecule has 0 N–H and O–H groups in total. The summed E-state index contributed by atoms with van der Waals surface area (Å²) in [7, 11) is 9.86. The molecule has 0 amide bonds. The van der Waals surface area contributed by atoms with Crippen LogP contribution < -0.4 is 0 Å². The maximum absolute atomic E-state index is 4.93. The molecule has 3 heteroatoms. The summed E-state index contributed by atoms with van der Waals surface area (Å²) in [5.74, 6) is 2.86. The van der Waals surface area contributed by atoms with Gasteiger partial charge in [-0.1, -0.05) is 13.8 Å². The van der Waals surface area contributed by atoms with Gasteiger partial charge in [0.05, 0.1) is 0 Å². The zero-order chi connectivity index (χ0) is 12.9. The van der Waals surface area contributed by atoms with E-state index in [1.165, 1.54) is 11.8 Å². The van der Waals surface area contributed by atoms with Crippen LogP contribution in [-0.2, 0) is 16.5 Å². The second-order valence-corrected chi connectivity index (χ2v) is 7.59. The standard InChI is InChI=1S/2C7H9.2ClH.W/c2*1-2-7-5-3-4-6-7;;;/h2*3-6H,2H2,1H3;2*1H;/q;;;;+2/p-2. The van der Waals surface area contributed by atoms with E-state index in [4.69, 9.17) is 18.8 Å². The fourth-order valence-electron chi connectivity index (χ4n) is 1.30. The first-order chi connectivity index (χ1) is 8.28. The van der Waals surface area contributed by atoms with E-state index in [1.54, 1.807) is 0 Å². The summed E-state index contributed by atoms with van der Waals surface area (Å²) in [6.07, 6.45) is 19.1. The van der Waals surface area contributed by atoms with Gasteiger partial charge in [-0.05, 0) is 76.0 Å². The molecule has 0 heterocycles. The van der Waals surface area contributed by atoms with Crippen LogP contribution >= 0.6 is 18.8 Å². The molecule has 2 aliphatic rings. The van der Waals surface area contributed by atoms with Crippen molar-refractivity contribution in [1.29, 1.82) is 0 Å². The molecule has 0 bridgehead atoms. The summed E-state index contributed by atoms with van der Waals surface area (Å²) in [6.45, 7) is 4.32. The van der Waals surface area contributed by atoms with Crippen molar-refractivity contribution in [2.45, 2.75) is 26.7 Å². The normalized spacial score (nSPS) is 20.5. The van der Waals surface area contributed by atoms with Gasteiger partial charge in [-0.25, -0.2) is 0 Å². The first-order valence-electron chi connectivity index (χ1n) is 5.58. The molecule has 0 saturated heterocycles. The van der Waals surface area contributed by atoms with Crippen molar-refractivity contribution in [1.82, 2.24) is 0 Å². The molecule has 94 valence electrons. The van der Waals surface area contributed by atoms with Crippen LogP contribution in [0.5, 0.6) is 0 Å². The third-order valence-corrected chi connectivity index (χ3v) is 2.28. The van der Waals surface area contributed by atoms with Crippen LogP contribution in [0.3, 0.4) is 0 Å².